The van der Waals surface area contributed by atoms with Gasteiger partial charge in [0.05, 0.1) is 17.5 Å². The number of hydrogen-bond acceptors (Lipinski definition) is 5. The molecule has 0 bridgehead atoms. The molecule has 1 N–H and O–H groups in total. The SMILES string of the molecule is Cc1nc(N2CCCC2(C)CO)c2c(-c3ccccc3)csc2n1. The van der Waals surface area contributed by atoms with E-state index in [2.05, 4.69) is 46.5 Å². The fourth-order valence-corrected chi connectivity index (χ4v) is 4.59. The molecule has 24 heavy (non-hydrogen) atoms. The summed E-state index contributed by atoms with van der Waals surface area (Å²) in [7, 11) is 0. The molecule has 0 saturated carbocycles. The molecule has 124 valence electrons. The lowest BCUT2D eigenvalue weighted by molar-refractivity contribution is 0.209. The minimum absolute atomic E-state index is 0.141. The van der Waals surface area contributed by atoms with Crippen LogP contribution in [0.2, 0.25) is 0 Å². The van der Waals surface area contributed by atoms with E-state index in [-0.39, 0.29) is 12.1 Å². The number of rotatable bonds is 3. The third-order valence-electron chi connectivity index (χ3n) is 4.96. The van der Waals surface area contributed by atoms with E-state index in [4.69, 9.17) is 4.98 Å². The smallest absolute Gasteiger partial charge is 0.142 e. The van der Waals surface area contributed by atoms with Crippen molar-refractivity contribution in [1.29, 1.82) is 0 Å². The summed E-state index contributed by atoms with van der Waals surface area (Å²) in [5.74, 6) is 1.75. The quantitative estimate of drug-likeness (QED) is 0.783. The van der Waals surface area contributed by atoms with Gasteiger partial charge in [-0.3, -0.25) is 0 Å². The van der Waals surface area contributed by atoms with Gasteiger partial charge >= 0.3 is 0 Å². The van der Waals surface area contributed by atoms with Gasteiger partial charge in [-0.2, -0.15) is 0 Å². The monoisotopic (exact) mass is 339 g/mol. The molecule has 4 rings (SSSR count). The van der Waals surface area contributed by atoms with Crippen LogP contribution >= 0.6 is 11.3 Å². The van der Waals surface area contributed by atoms with Gasteiger partial charge in [0.25, 0.3) is 0 Å². The summed E-state index contributed by atoms with van der Waals surface area (Å²) in [4.78, 5) is 12.7. The van der Waals surface area contributed by atoms with Crippen molar-refractivity contribution in [3.05, 3.63) is 41.5 Å². The minimum atomic E-state index is -0.246. The Morgan fingerprint density at radius 2 is 2.04 bits per heavy atom. The fraction of sp³-hybridized carbons (Fsp3) is 0.368. The van der Waals surface area contributed by atoms with Gasteiger partial charge in [0, 0.05) is 17.5 Å². The van der Waals surface area contributed by atoms with E-state index in [0.29, 0.717) is 0 Å². The summed E-state index contributed by atoms with van der Waals surface area (Å²) in [6.45, 7) is 5.13. The zero-order valence-corrected chi connectivity index (χ0v) is 14.8. The predicted octanol–water partition coefficient (Wildman–Crippen LogP) is 4.02. The number of anilines is 1. The molecule has 3 heterocycles. The topological polar surface area (TPSA) is 49.2 Å². The number of hydrogen-bond donors (Lipinski definition) is 1. The van der Waals surface area contributed by atoms with Gasteiger partial charge in [-0.15, -0.1) is 11.3 Å². The van der Waals surface area contributed by atoms with Crippen LogP contribution in [0.1, 0.15) is 25.6 Å². The third kappa shape index (κ3) is 2.39. The first-order chi connectivity index (χ1) is 11.6. The maximum Gasteiger partial charge on any atom is 0.142 e. The molecule has 1 atom stereocenters. The van der Waals surface area contributed by atoms with E-state index in [1.165, 1.54) is 11.1 Å². The summed E-state index contributed by atoms with van der Waals surface area (Å²) in [5, 5.41) is 13.2. The van der Waals surface area contributed by atoms with Gasteiger partial charge < -0.3 is 10.0 Å². The van der Waals surface area contributed by atoms with Crippen LogP contribution in [0.15, 0.2) is 35.7 Å². The van der Waals surface area contributed by atoms with E-state index < -0.39 is 0 Å². The van der Waals surface area contributed by atoms with Crippen LogP contribution in [-0.4, -0.2) is 33.8 Å². The van der Waals surface area contributed by atoms with Gasteiger partial charge in [0.15, 0.2) is 0 Å². The van der Waals surface area contributed by atoms with Crippen molar-refractivity contribution in [2.75, 3.05) is 18.1 Å². The average molecular weight is 339 g/mol. The molecular weight excluding hydrogens is 318 g/mol. The van der Waals surface area contributed by atoms with Gasteiger partial charge in [0.1, 0.15) is 16.5 Å². The molecule has 1 aliphatic heterocycles. The molecule has 0 radical (unpaired) electrons. The largest absolute Gasteiger partial charge is 0.394 e. The number of nitrogens with zero attached hydrogens (tertiary/aromatic N) is 3. The maximum atomic E-state index is 9.95. The molecule has 1 saturated heterocycles. The van der Waals surface area contributed by atoms with Gasteiger partial charge in [0.2, 0.25) is 0 Å². The lowest BCUT2D eigenvalue weighted by Gasteiger charge is -2.35. The Balaban J connectivity index is 1.96. The Kier molecular flexibility index (Phi) is 3.77. The molecule has 2 aromatic heterocycles. The zero-order chi connectivity index (χ0) is 16.7. The van der Waals surface area contributed by atoms with Crippen molar-refractivity contribution >= 4 is 27.4 Å². The van der Waals surface area contributed by atoms with Gasteiger partial charge in [-0.1, -0.05) is 30.3 Å². The Hall–Kier alpha value is -1.98. The van der Waals surface area contributed by atoms with Gasteiger partial charge in [-0.05, 0) is 32.3 Å². The van der Waals surface area contributed by atoms with Crippen molar-refractivity contribution in [1.82, 2.24) is 9.97 Å². The first kappa shape index (κ1) is 15.5. The molecule has 4 nitrogen and oxygen atoms in total. The highest BCUT2D eigenvalue weighted by Crippen LogP contribution is 2.42. The molecular formula is C19H21N3OS. The summed E-state index contributed by atoms with van der Waals surface area (Å²) in [6, 6.07) is 10.4. The minimum Gasteiger partial charge on any atom is -0.394 e. The average Bonchev–Trinajstić information content (AvgIpc) is 3.19. The number of fused-ring (bicyclic) bond motifs is 1. The molecule has 5 heteroatoms. The summed E-state index contributed by atoms with van der Waals surface area (Å²) >= 11 is 1.66. The second-order valence-corrected chi connectivity index (χ2v) is 7.56. The van der Waals surface area contributed by atoms with E-state index in [0.717, 1.165) is 41.2 Å². The van der Waals surface area contributed by atoms with Crippen molar-refractivity contribution < 1.29 is 5.11 Å². The number of benzene rings is 1. The molecule has 1 aromatic carbocycles. The van der Waals surface area contributed by atoms with Crippen LogP contribution < -0.4 is 4.90 Å². The Bertz CT molecular complexity index is 877. The molecule has 0 amide bonds. The molecule has 0 spiro atoms. The highest BCUT2D eigenvalue weighted by atomic mass is 32.1. The maximum absolute atomic E-state index is 9.95. The van der Waals surface area contributed by atoms with Crippen molar-refractivity contribution in [2.24, 2.45) is 0 Å². The second-order valence-electron chi connectivity index (χ2n) is 6.70. The van der Waals surface area contributed by atoms with Crippen LogP contribution in [0, 0.1) is 6.92 Å². The molecule has 3 aromatic rings. The summed E-state index contributed by atoms with van der Waals surface area (Å²) in [6.07, 6.45) is 2.06. The number of aliphatic hydroxyl groups is 1. The van der Waals surface area contributed by atoms with Crippen LogP contribution in [0.25, 0.3) is 21.3 Å². The number of aromatic nitrogens is 2. The number of aliphatic hydroxyl groups excluding tert-OH is 1. The number of thiophene rings is 1. The number of aryl methyl sites for hydroxylation is 1. The van der Waals surface area contributed by atoms with Crippen molar-refractivity contribution in [3.8, 4) is 11.1 Å². The van der Waals surface area contributed by atoms with E-state index in [9.17, 15) is 5.11 Å². The van der Waals surface area contributed by atoms with Gasteiger partial charge in [-0.25, -0.2) is 9.97 Å². The normalized spacial score (nSPS) is 20.9. The Labute approximate surface area is 145 Å². The van der Waals surface area contributed by atoms with Crippen molar-refractivity contribution in [2.45, 2.75) is 32.2 Å². The van der Waals surface area contributed by atoms with E-state index >= 15 is 0 Å². The Morgan fingerprint density at radius 3 is 2.79 bits per heavy atom. The van der Waals surface area contributed by atoms with Crippen LogP contribution in [0.4, 0.5) is 5.82 Å². The molecule has 1 aliphatic rings. The second kappa shape index (κ2) is 5.83. The zero-order valence-electron chi connectivity index (χ0n) is 14.0. The molecule has 1 unspecified atom stereocenters. The fourth-order valence-electron chi connectivity index (χ4n) is 3.60. The van der Waals surface area contributed by atoms with Crippen LogP contribution in [0.3, 0.4) is 0 Å². The van der Waals surface area contributed by atoms with E-state index in [1.807, 2.05) is 13.0 Å². The predicted molar refractivity (Wildman–Crippen MR) is 99.7 cm³/mol. The van der Waals surface area contributed by atoms with Crippen LogP contribution in [0.5, 0.6) is 0 Å². The summed E-state index contributed by atoms with van der Waals surface area (Å²) < 4.78 is 0. The lowest BCUT2D eigenvalue weighted by Crippen LogP contribution is -2.45. The van der Waals surface area contributed by atoms with Crippen LogP contribution in [-0.2, 0) is 0 Å². The first-order valence-electron chi connectivity index (χ1n) is 8.32. The lowest BCUT2D eigenvalue weighted by atomic mass is 9.99. The highest BCUT2D eigenvalue weighted by molar-refractivity contribution is 7.17. The summed E-state index contributed by atoms with van der Waals surface area (Å²) in [5.41, 5.74) is 2.11. The third-order valence-corrected chi connectivity index (χ3v) is 5.83. The standard InChI is InChI=1S/C19H21N3OS/c1-13-20-17(22-10-6-9-19(22,2)12-23)16-15(11-24-18(16)21-13)14-7-4-3-5-8-14/h3-5,7-8,11,23H,6,9-10,12H2,1-2H3. The van der Waals surface area contributed by atoms with Crippen molar-refractivity contribution in [3.63, 3.8) is 0 Å². The molecule has 0 aliphatic carbocycles. The highest BCUT2D eigenvalue weighted by Gasteiger charge is 2.38. The Morgan fingerprint density at radius 1 is 1.25 bits per heavy atom. The molecule has 1 fully saturated rings. The van der Waals surface area contributed by atoms with E-state index in [1.54, 1.807) is 11.3 Å². The first-order valence-corrected chi connectivity index (χ1v) is 9.20.